The molecule has 124 valence electrons. The van der Waals surface area contributed by atoms with Gasteiger partial charge in [-0.1, -0.05) is 30.3 Å². The number of hydrogen-bond acceptors (Lipinski definition) is 4. The molecule has 22 heavy (non-hydrogen) atoms. The van der Waals surface area contributed by atoms with E-state index < -0.39 is 0 Å². The first kappa shape index (κ1) is 18.7. The Bertz CT molecular complexity index is 439. The molecule has 0 bridgehead atoms. The summed E-state index contributed by atoms with van der Waals surface area (Å²) in [6.07, 6.45) is 1.99. The highest BCUT2D eigenvalue weighted by molar-refractivity contribution is 5.75. The zero-order valence-corrected chi connectivity index (χ0v) is 14.5. The number of aryl methyl sites for hydroxylation is 1. The van der Waals surface area contributed by atoms with Crippen molar-refractivity contribution in [2.75, 3.05) is 27.3 Å². The van der Waals surface area contributed by atoms with Crippen LogP contribution in [0.2, 0.25) is 0 Å². The molecule has 0 aromatic heterocycles. The van der Waals surface area contributed by atoms with Crippen LogP contribution in [0.1, 0.15) is 32.8 Å². The summed E-state index contributed by atoms with van der Waals surface area (Å²) in [6, 6.07) is 10.0. The molecule has 1 atom stereocenters. The second-order valence-corrected chi connectivity index (χ2v) is 6.53. The lowest BCUT2D eigenvalue weighted by molar-refractivity contribution is -0.151. The van der Waals surface area contributed by atoms with Crippen LogP contribution in [0, 0.1) is 0 Å². The predicted molar refractivity (Wildman–Crippen MR) is 88.9 cm³/mol. The number of ether oxygens (including phenoxy) is 2. The number of methoxy groups -OCH3 is 1. The molecule has 1 rings (SSSR count). The van der Waals surface area contributed by atoms with Crippen molar-refractivity contribution in [3.8, 4) is 0 Å². The highest BCUT2D eigenvalue weighted by Gasteiger charge is 2.26. The molecular weight excluding hydrogens is 278 g/mol. The van der Waals surface area contributed by atoms with Crippen LogP contribution in [0.5, 0.6) is 0 Å². The number of rotatable bonds is 8. The normalized spacial score (nSPS) is 13.2. The fraction of sp³-hybridized carbons (Fsp3) is 0.611. The van der Waals surface area contributed by atoms with Gasteiger partial charge in [0.1, 0.15) is 6.04 Å². The van der Waals surface area contributed by atoms with E-state index in [4.69, 9.17) is 9.47 Å². The summed E-state index contributed by atoms with van der Waals surface area (Å²) in [5.41, 5.74) is 1.05. The number of nitrogens with zero attached hydrogens (tertiary/aromatic N) is 1. The van der Waals surface area contributed by atoms with Crippen LogP contribution in [0.25, 0.3) is 0 Å². The van der Waals surface area contributed by atoms with Crippen LogP contribution in [-0.4, -0.2) is 49.8 Å². The third-order valence-corrected chi connectivity index (χ3v) is 3.50. The van der Waals surface area contributed by atoms with Crippen molar-refractivity contribution < 1.29 is 14.3 Å². The van der Waals surface area contributed by atoms with Gasteiger partial charge in [-0.25, -0.2) is 0 Å². The smallest absolute Gasteiger partial charge is 0.325 e. The van der Waals surface area contributed by atoms with Gasteiger partial charge in [0, 0.05) is 0 Å². The van der Waals surface area contributed by atoms with E-state index in [-0.39, 0.29) is 17.6 Å². The van der Waals surface area contributed by atoms with Crippen molar-refractivity contribution in [1.82, 2.24) is 4.90 Å². The van der Waals surface area contributed by atoms with Crippen molar-refractivity contribution in [2.24, 2.45) is 0 Å². The molecule has 4 heteroatoms. The molecule has 0 spiro atoms. The lowest BCUT2D eigenvalue weighted by Gasteiger charge is -2.29. The average Bonchev–Trinajstić information content (AvgIpc) is 2.47. The second kappa shape index (κ2) is 8.91. The minimum absolute atomic E-state index is 0.244. The molecule has 1 aromatic rings. The van der Waals surface area contributed by atoms with Gasteiger partial charge in [-0.2, -0.15) is 0 Å². The van der Waals surface area contributed by atoms with Crippen LogP contribution < -0.4 is 0 Å². The molecule has 0 amide bonds. The van der Waals surface area contributed by atoms with Gasteiger partial charge in [0.05, 0.1) is 19.3 Å². The Kier molecular flexibility index (Phi) is 7.56. The van der Waals surface area contributed by atoms with Gasteiger partial charge in [-0.3, -0.25) is 9.69 Å². The largest absolute Gasteiger partial charge is 0.468 e. The van der Waals surface area contributed by atoms with Crippen LogP contribution in [-0.2, 0) is 20.7 Å². The van der Waals surface area contributed by atoms with E-state index >= 15 is 0 Å². The molecule has 4 nitrogen and oxygen atoms in total. The van der Waals surface area contributed by atoms with Crippen LogP contribution in [0.15, 0.2) is 30.3 Å². The minimum Gasteiger partial charge on any atom is -0.468 e. The summed E-state index contributed by atoms with van der Waals surface area (Å²) in [4.78, 5) is 14.0. The molecule has 0 aliphatic carbocycles. The monoisotopic (exact) mass is 307 g/mol. The molecule has 0 aliphatic rings. The van der Waals surface area contributed by atoms with Crippen molar-refractivity contribution >= 4 is 5.97 Å². The number of carbonyl (C=O) groups excluding carboxylic acids is 1. The van der Waals surface area contributed by atoms with E-state index in [1.165, 1.54) is 12.7 Å². The Labute approximate surface area is 134 Å². The van der Waals surface area contributed by atoms with Crippen molar-refractivity contribution in [2.45, 2.75) is 45.3 Å². The summed E-state index contributed by atoms with van der Waals surface area (Å²) in [7, 11) is 3.36. The molecule has 0 saturated heterocycles. The van der Waals surface area contributed by atoms with Gasteiger partial charge in [0.2, 0.25) is 0 Å². The lowest BCUT2D eigenvalue weighted by Crippen LogP contribution is -2.44. The Morgan fingerprint density at radius 1 is 1.23 bits per heavy atom. The molecule has 0 fully saturated rings. The Morgan fingerprint density at radius 2 is 1.86 bits per heavy atom. The lowest BCUT2D eigenvalue weighted by atomic mass is 10.1. The number of carbonyl (C=O) groups is 1. The van der Waals surface area contributed by atoms with Crippen LogP contribution in [0.4, 0.5) is 0 Å². The molecule has 0 radical (unpaired) electrons. The average molecular weight is 307 g/mol. The topological polar surface area (TPSA) is 38.8 Å². The maximum Gasteiger partial charge on any atom is 0.325 e. The van der Waals surface area contributed by atoms with Crippen molar-refractivity contribution in [1.29, 1.82) is 0 Å². The molecular formula is C18H29NO3. The van der Waals surface area contributed by atoms with Crippen LogP contribution in [0.3, 0.4) is 0 Å². The van der Waals surface area contributed by atoms with Crippen molar-refractivity contribution in [3.05, 3.63) is 35.9 Å². The zero-order valence-electron chi connectivity index (χ0n) is 14.5. The van der Waals surface area contributed by atoms with Gasteiger partial charge in [-0.05, 0) is 52.8 Å². The third kappa shape index (κ3) is 7.05. The Morgan fingerprint density at radius 3 is 2.41 bits per heavy atom. The molecule has 0 heterocycles. The Hall–Kier alpha value is -1.39. The van der Waals surface area contributed by atoms with Gasteiger partial charge >= 0.3 is 5.97 Å². The SMILES string of the molecule is COC(=O)C(COC(C)(C)C)N(C)CCCc1ccccc1. The number of esters is 1. The standard InChI is InChI=1S/C18H29NO3/c1-18(2,3)22-14-16(17(20)21-5)19(4)13-9-12-15-10-7-6-8-11-15/h6-8,10-11,16H,9,12-14H2,1-5H3. The fourth-order valence-electron chi connectivity index (χ4n) is 2.17. The van der Waals surface area contributed by atoms with E-state index in [1.54, 1.807) is 0 Å². The van der Waals surface area contributed by atoms with E-state index in [0.717, 1.165) is 19.4 Å². The highest BCUT2D eigenvalue weighted by Crippen LogP contribution is 2.11. The number of likely N-dealkylation sites (N-methyl/N-ethyl adjacent to an activating group) is 1. The van der Waals surface area contributed by atoms with E-state index in [9.17, 15) is 4.79 Å². The molecule has 1 aromatic carbocycles. The Balaban J connectivity index is 2.48. The summed E-state index contributed by atoms with van der Waals surface area (Å²) >= 11 is 0. The van der Waals surface area contributed by atoms with Crippen LogP contribution >= 0.6 is 0 Å². The van der Waals surface area contributed by atoms with Gasteiger partial charge in [0.25, 0.3) is 0 Å². The van der Waals surface area contributed by atoms with Gasteiger partial charge < -0.3 is 9.47 Å². The predicted octanol–water partition coefficient (Wildman–Crippen LogP) is 2.91. The fourth-order valence-corrected chi connectivity index (χ4v) is 2.17. The second-order valence-electron chi connectivity index (χ2n) is 6.53. The van der Waals surface area contributed by atoms with E-state index in [1.807, 2.05) is 50.9 Å². The van der Waals surface area contributed by atoms with Gasteiger partial charge in [-0.15, -0.1) is 0 Å². The van der Waals surface area contributed by atoms with Crippen molar-refractivity contribution in [3.63, 3.8) is 0 Å². The molecule has 0 aliphatic heterocycles. The molecule has 1 unspecified atom stereocenters. The first-order chi connectivity index (χ1) is 10.3. The first-order valence-electron chi connectivity index (χ1n) is 7.79. The highest BCUT2D eigenvalue weighted by atomic mass is 16.5. The number of hydrogen-bond donors (Lipinski definition) is 0. The molecule has 0 saturated carbocycles. The van der Waals surface area contributed by atoms with Gasteiger partial charge in [0.15, 0.2) is 0 Å². The quantitative estimate of drug-likeness (QED) is 0.692. The minimum atomic E-state index is -0.361. The maximum atomic E-state index is 12.0. The first-order valence-corrected chi connectivity index (χ1v) is 7.79. The van der Waals surface area contributed by atoms with E-state index in [0.29, 0.717) is 6.61 Å². The summed E-state index contributed by atoms with van der Waals surface area (Å²) in [5, 5.41) is 0. The maximum absolute atomic E-state index is 12.0. The zero-order chi connectivity index (χ0) is 16.6. The summed E-state index contributed by atoms with van der Waals surface area (Å²) < 4.78 is 10.7. The summed E-state index contributed by atoms with van der Waals surface area (Å²) in [6.45, 7) is 7.12. The third-order valence-electron chi connectivity index (χ3n) is 3.50. The van der Waals surface area contributed by atoms with E-state index in [2.05, 4.69) is 12.1 Å². The number of benzene rings is 1. The summed E-state index contributed by atoms with van der Waals surface area (Å²) in [5.74, 6) is -0.244. The molecule has 0 N–H and O–H groups in total.